The number of aromatic nitrogens is 1. The summed E-state index contributed by atoms with van der Waals surface area (Å²) in [5, 5.41) is 21.5. The van der Waals surface area contributed by atoms with Crippen molar-refractivity contribution in [3.05, 3.63) is 23.0 Å². The summed E-state index contributed by atoms with van der Waals surface area (Å²) >= 11 is 0. The van der Waals surface area contributed by atoms with Crippen LogP contribution in [0.15, 0.2) is 6.07 Å². The molecule has 17 heavy (non-hydrogen) atoms. The number of aliphatic hydroxyl groups excluding tert-OH is 1. The number of nitriles is 1. The Balaban J connectivity index is 2.73. The van der Waals surface area contributed by atoms with Gasteiger partial charge in [0.05, 0.1) is 6.61 Å². The fourth-order valence-corrected chi connectivity index (χ4v) is 1.80. The van der Waals surface area contributed by atoms with Crippen LogP contribution in [0.2, 0.25) is 0 Å². The van der Waals surface area contributed by atoms with Gasteiger partial charge in [0.25, 0.3) is 0 Å². The minimum absolute atomic E-state index is 0.0974. The summed E-state index contributed by atoms with van der Waals surface area (Å²) in [7, 11) is 1.89. The molecular formula is C13H21N3O. The Morgan fingerprint density at radius 1 is 1.53 bits per heavy atom. The van der Waals surface area contributed by atoms with Crippen molar-refractivity contribution in [2.75, 3.05) is 6.61 Å². The standard InChI is InChI=1S/C13H21N3O/c1-9(2)13(8-17)15-7-11-5-12(6-14)16(4)10(11)3/h5,9,13,15,17H,7-8H2,1-4H3. The van der Waals surface area contributed by atoms with E-state index in [0.29, 0.717) is 18.2 Å². The molecule has 94 valence electrons. The number of rotatable bonds is 5. The predicted molar refractivity (Wildman–Crippen MR) is 67.4 cm³/mol. The molecule has 4 heteroatoms. The van der Waals surface area contributed by atoms with Gasteiger partial charge in [0, 0.05) is 25.3 Å². The topological polar surface area (TPSA) is 61.0 Å². The number of hydrogen-bond donors (Lipinski definition) is 2. The average molecular weight is 235 g/mol. The summed E-state index contributed by atoms with van der Waals surface area (Å²) in [6.07, 6.45) is 0. The summed E-state index contributed by atoms with van der Waals surface area (Å²) in [6.45, 7) is 6.97. The molecule has 0 aliphatic rings. The summed E-state index contributed by atoms with van der Waals surface area (Å²) < 4.78 is 1.89. The Morgan fingerprint density at radius 3 is 2.59 bits per heavy atom. The van der Waals surface area contributed by atoms with Gasteiger partial charge >= 0.3 is 0 Å². The maximum Gasteiger partial charge on any atom is 0.120 e. The Bertz CT molecular complexity index is 415. The Hall–Kier alpha value is -1.31. The van der Waals surface area contributed by atoms with Crippen molar-refractivity contribution in [1.29, 1.82) is 5.26 Å². The van der Waals surface area contributed by atoms with Crippen molar-refractivity contribution in [2.45, 2.75) is 33.4 Å². The molecule has 1 heterocycles. The van der Waals surface area contributed by atoms with Gasteiger partial charge in [0.15, 0.2) is 0 Å². The summed E-state index contributed by atoms with van der Waals surface area (Å²) in [4.78, 5) is 0. The van der Waals surface area contributed by atoms with E-state index in [1.165, 1.54) is 0 Å². The molecule has 4 nitrogen and oxygen atoms in total. The zero-order valence-electron chi connectivity index (χ0n) is 11.0. The van der Waals surface area contributed by atoms with Gasteiger partial charge in [-0.1, -0.05) is 13.8 Å². The van der Waals surface area contributed by atoms with Gasteiger partial charge in [0.2, 0.25) is 0 Å². The van der Waals surface area contributed by atoms with Crippen LogP contribution in [0.3, 0.4) is 0 Å². The lowest BCUT2D eigenvalue weighted by atomic mass is 10.1. The highest BCUT2D eigenvalue weighted by atomic mass is 16.3. The van der Waals surface area contributed by atoms with Crippen molar-refractivity contribution in [3.63, 3.8) is 0 Å². The maximum absolute atomic E-state index is 9.23. The molecule has 2 N–H and O–H groups in total. The molecule has 0 aliphatic carbocycles. The van der Waals surface area contributed by atoms with E-state index in [9.17, 15) is 5.11 Å². The molecule has 1 unspecified atom stereocenters. The number of hydrogen-bond acceptors (Lipinski definition) is 3. The van der Waals surface area contributed by atoms with Gasteiger partial charge in [-0.25, -0.2) is 0 Å². The lowest BCUT2D eigenvalue weighted by molar-refractivity contribution is 0.210. The van der Waals surface area contributed by atoms with E-state index in [4.69, 9.17) is 5.26 Å². The first-order valence-corrected chi connectivity index (χ1v) is 5.90. The molecule has 0 aliphatic heterocycles. The van der Waals surface area contributed by atoms with Crippen molar-refractivity contribution in [1.82, 2.24) is 9.88 Å². The van der Waals surface area contributed by atoms with Crippen LogP contribution in [-0.2, 0) is 13.6 Å². The number of nitrogens with zero attached hydrogens (tertiary/aromatic N) is 2. The van der Waals surface area contributed by atoms with Crippen LogP contribution in [0.5, 0.6) is 0 Å². The molecule has 0 saturated heterocycles. The quantitative estimate of drug-likeness (QED) is 0.809. The molecule has 1 rings (SSSR count). The van der Waals surface area contributed by atoms with Crippen molar-refractivity contribution in [3.8, 4) is 6.07 Å². The van der Waals surface area contributed by atoms with E-state index in [1.807, 2.05) is 24.6 Å². The molecular weight excluding hydrogens is 214 g/mol. The first-order valence-electron chi connectivity index (χ1n) is 5.90. The van der Waals surface area contributed by atoms with Gasteiger partial charge in [-0.15, -0.1) is 0 Å². The normalized spacial score (nSPS) is 12.8. The molecule has 1 aromatic heterocycles. The second-order valence-electron chi connectivity index (χ2n) is 4.73. The smallest absolute Gasteiger partial charge is 0.120 e. The number of nitrogens with one attached hydrogen (secondary N) is 1. The molecule has 1 atom stereocenters. The molecule has 0 aromatic carbocycles. The fourth-order valence-electron chi connectivity index (χ4n) is 1.80. The minimum Gasteiger partial charge on any atom is -0.395 e. The summed E-state index contributed by atoms with van der Waals surface area (Å²) in [6, 6.07) is 4.16. The van der Waals surface area contributed by atoms with E-state index in [-0.39, 0.29) is 12.6 Å². The fraction of sp³-hybridized carbons (Fsp3) is 0.615. The molecule has 0 radical (unpaired) electrons. The van der Waals surface area contributed by atoms with Gasteiger partial charge < -0.3 is 15.0 Å². The third-order valence-corrected chi connectivity index (χ3v) is 3.31. The van der Waals surface area contributed by atoms with Crippen LogP contribution in [-0.4, -0.2) is 22.3 Å². The van der Waals surface area contributed by atoms with Crippen LogP contribution < -0.4 is 5.32 Å². The van der Waals surface area contributed by atoms with E-state index in [2.05, 4.69) is 25.2 Å². The zero-order valence-corrected chi connectivity index (χ0v) is 11.0. The van der Waals surface area contributed by atoms with Crippen LogP contribution in [0.1, 0.15) is 30.8 Å². The number of aliphatic hydroxyl groups is 1. The highest BCUT2D eigenvalue weighted by Crippen LogP contribution is 2.13. The highest BCUT2D eigenvalue weighted by molar-refractivity contribution is 5.34. The first kappa shape index (κ1) is 13.8. The third-order valence-electron chi connectivity index (χ3n) is 3.31. The van der Waals surface area contributed by atoms with Crippen LogP contribution >= 0.6 is 0 Å². The second-order valence-corrected chi connectivity index (χ2v) is 4.73. The molecule has 1 aromatic rings. The Labute approximate surface area is 103 Å². The second kappa shape index (κ2) is 5.85. The largest absolute Gasteiger partial charge is 0.395 e. The van der Waals surface area contributed by atoms with Gasteiger partial charge in [-0.3, -0.25) is 0 Å². The zero-order chi connectivity index (χ0) is 13.0. The summed E-state index contributed by atoms with van der Waals surface area (Å²) in [5.41, 5.74) is 2.88. The molecule has 0 spiro atoms. The lowest BCUT2D eigenvalue weighted by Crippen LogP contribution is -2.36. The SMILES string of the molecule is Cc1c(CNC(CO)C(C)C)cc(C#N)n1C. The van der Waals surface area contributed by atoms with E-state index in [1.54, 1.807) is 0 Å². The van der Waals surface area contributed by atoms with Gasteiger partial charge in [0.1, 0.15) is 11.8 Å². The van der Waals surface area contributed by atoms with Gasteiger partial charge in [-0.2, -0.15) is 5.26 Å². The average Bonchev–Trinajstić information content (AvgIpc) is 2.57. The predicted octanol–water partition coefficient (Wildman–Crippen LogP) is 1.31. The Morgan fingerprint density at radius 2 is 2.18 bits per heavy atom. The third kappa shape index (κ3) is 3.09. The molecule has 0 fully saturated rings. The van der Waals surface area contributed by atoms with E-state index >= 15 is 0 Å². The van der Waals surface area contributed by atoms with Crippen LogP contribution in [0, 0.1) is 24.2 Å². The van der Waals surface area contributed by atoms with Crippen LogP contribution in [0.4, 0.5) is 0 Å². The van der Waals surface area contributed by atoms with Crippen molar-refractivity contribution in [2.24, 2.45) is 13.0 Å². The van der Waals surface area contributed by atoms with Crippen LogP contribution in [0.25, 0.3) is 0 Å². The minimum atomic E-state index is 0.0974. The first-order chi connectivity index (χ1) is 8.01. The van der Waals surface area contributed by atoms with E-state index < -0.39 is 0 Å². The van der Waals surface area contributed by atoms with Gasteiger partial charge in [-0.05, 0) is 24.5 Å². The highest BCUT2D eigenvalue weighted by Gasteiger charge is 2.13. The van der Waals surface area contributed by atoms with Crippen molar-refractivity contribution < 1.29 is 5.11 Å². The maximum atomic E-state index is 9.23. The summed E-state index contributed by atoms with van der Waals surface area (Å²) in [5.74, 6) is 0.388. The van der Waals surface area contributed by atoms with E-state index in [0.717, 1.165) is 11.3 Å². The lowest BCUT2D eigenvalue weighted by Gasteiger charge is -2.19. The monoisotopic (exact) mass is 235 g/mol. The molecule has 0 bridgehead atoms. The molecule has 0 saturated carbocycles. The molecule has 0 amide bonds. The Kier molecular flexibility index (Phi) is 4.73. The van der Waals surface area contributed by atoms with Crippen molar-refractivity contribution >= 4 is 0 Å².